The van der Waals surface area contributed by atoms with E-state index in [0.29, 0.717) is 44.3 Å². The van der Waals surface area contributed by atoms with Crippen LogP contribution >= 0.6 is 0 Å². The second-order valence-corrected chi connectivity index (χ2v) is 6.63. The van der Waals surface area contributed by atoms with E-state index < -0.39 is 0 Å². The highest BCUT2D eigenvalue weighted by Gasteiger charge is 2.19. The Hall–Kier alpha value is -3.28. The van der Waals surface area contributed by atoms with Gasteiger partial charge in [0.15, 0.2) is 11.5 Å². The highest BCUT2D eigenvalue weighted by Crippen LogP contribution is 2.28. The summed E-state index contributed by atoms with van der Waals surface area (Å²) in [6, 6.07) is 12.0. The van der Waals surface area contributed by atoms with Crippen LogP contribution in [0.25, 0.3) is 6.08 Å². The molecule has 0 radical (unpaired) electrons. The van der Waals surface area contributed by atoms with Crippen molar-refractivity contribution in [1.29, 1.82) is 0 Å². The highest BCUT2D eigenvalue weighted by atomic mass is 19.1. The van der Waals surface area contributed by atoms with E-state index in [1.807, 2.05) is 23.1 Å². The van der Waals surface area contributed by atoms with Crippen molar-refractivity contribution >= 4 is 17.7 Å². The minimum atomic E-state index is -0.246. The van der Waals surface area contributed by atoms with Gasteiger partial charge in [-0.3, -0.25) is 4.79 Å². The first-order valence-corrected chi connectivity index (χ1v) is 9.50. The molecule has 1 aliphatic rings. The molecule has 2 aromatic carbocycles. The third-order valence-corrected chi connectivity index (χ3v) is 4.75. The van der Waals surface area contributed by atoms with E-state index in [4.69, 9.17) is 9.47 Å². The highest BCUT2D eigenvalue weighted by molar-refractivity contribution is 5.92. The fourth-order valence-corrected chi connectivity index (χ4v) is 3.17. The number of piperazine rings is 1. The predicted octanol–water partition coefficient (Wildman–Crippen LogP) is 3.76. The number of anilines is 1. The van der Waals surface area contributed by atoms with Crippen LogP contribution in [-0.2, 0) is 4.79 Å². The number of rotatable bonds is 7. The first-order valence-electron chi connectivity index (χ1n) is 9.50. The van der Waals surface area contributed by atoms with Crippen LogP contribution in [0.15, 0.2) is 61.2 Å². The number of amides is 1. The Morgan fingerprint density at radius 1 is 1.10 bits per heavy atom. The summed E-state index contributed by atoms with van der Waals surface area (Å²) < 4.78 is 24.0. The van der Waals surface area contributed by atoms with Crippen molar-refractivity contribution in [3.05, 3.63) is 72.6 Å². The molecule has 1 heterocycles. The molecule has 5 nitrogen and oxygen atoms in total. The lowest BCUT2D eigenvalue weighted by Gasteiger charge is -2.35. The smallest absolute Gasteiger partial charge is 0.246 e. The molecule has 0 aromatic heterocycles. The van der Waals surface area contributed by atoms with Gasteiger partial charge in [0.2, 0.25) is 5.91 Å². The Labute approximate surface area is 170 Å². The molecule has 2 aromatic rings. The summed E-state index contributed by atoms with van der Waals surface area (Å²) in [4.78, 5) is 16.5. The van der Waals surface area contributed by atoms with Gasteiger partial charge in [-0.2, -0.15) is 0 Å². The Balaban J connectivity index is 1.57. The number of hydrogen-bond donors (Lipinski definition) is 0. The van der Waals surface area contributed by atoms with Gasteiger partial charge >= 0.3 is 0 Å². The SMILES string of the molecule is C=CCOc1ccc(/C=C/C(=O)N2CCN(c3ccc(F)cc3)CC2)cc1OC. The van der Waals surface area contributed by atoms with Crippen molar-refractivity contribution in [3.8, 4) is 11.5 Å². The largest absolute Gasteiger partial charge is 0.493 e. The van der Waals surface area contributed by atoms with Crippen LogP contribution < -0.4 is 14.4 Å². The molecule has 3 rings (SSSR count). The predicted molar refractivity (Wildman–Crippen MR) is 113 cm³/mol. The Bertz CT molecular complexity index is 872. The van der Waals surface area contributed by atoms with Crippen molar-refractivity contribution in [2.45, 2.75) is 0 Å². The summed E-state index contributed by atoms with van der Waals surface area (Å²) in [7, 11) is 1.58. The van der Waals surface area contributed by atoms with Crippen LogP contribution in [0.2, 0.25) is 0 Å². The fourth-order valence-electron chi connectivity index (χ4n) is 3.17. The van der Waals surface area contributed by atoms with E-state index in [1.165, 1.54) is 12.1 Å². The third-order valence-electron chi connectivity index (χ3n) is 4.75. The van der Waals surface area contributed by atoms with E-state index in [-0.39, 0.29) is 11.7 Å². The zero-order valence-electron chi connectivity index (χ0n) is 16.5. The van der Waals surface area contributed by atoms with Crippen LogP contribution in [0.3, 0.4) is 0 Å². The molecule has 1 saturated heterocycles. The van der Waals surface area contributed by atoms with Crippen molar-refractivity contribution in [1.82, 2.24) is 4.90 Å². The number of methoxy groups -OCH3 is 1. The monoisotopic (exact) mass is 396 g/mol. The minimum Gasteiger partial charge on any atom is -0.493 e. The van der Waals surface area contributed by atoms with Crippen LogP contribution in [0.4, 0.5) is 10.1 Å². The van der Waals surface area contributed by atoms with Gasteiger partial charge in [0.05, 0.1) is 7.11 Å². The Morgan fingerprint density at radius 3 is 2.48 bits per heavy atom. The van der Waals surface area contributed by atoms with E-state index >= 15 is 0 Å². The average molecular weight is 396 g/mol. The molecule has 0 bridgehead atoms. The maximum absolute atomic E-state index is 13.1. The molecular weight excluding hydrogens is 371 g/mol. The molecule has 29 heavy (non-hydrogen) atoms. The van der Waals surface area contributed by atoms with Gasteiger partial charge in [0, 0.05) is 37.9 Å². The molecule has 0 atom stereocenters. The molecular formula is C23H25FN2O3. The van der Waals surface area contributed by atoms with Crippen LogP contribution in [-0.4, -0.2) is 50.7 Å². The first-order chi connectivity index (χ1) is 14.1. The quantitative estimate of drug-likeness (QED) is 0.528. The molecule has 0 saturated carbocycles. The number of ether oxygens (including phenoxy) is 2. The maximum atomic E-state index is 13.1. The Morgan fingerprint density at radius 2 is 1.83 bits per heavy atom. The molecule has 6 heteroatoms. The van der Waals surface area contributed by atoms with Crippen molar-refractivity contribution < 1.29 is 18.7 Å². The van der Waals surface area contributed by atoms with Crippen LogP contribution in [0.1, 0.15) is 5.56 Å². The molecule has 0 aliphatic carbocycles. The van der Waals surface area contributed by atoms with Gasteiger partial charge in [0.1, 0.15) is 12.4 Å². The lowest BCUT2D eigenvalue weighted by atomic mass is 10.1. The zero-order valence-corrected chi connectivity index (χ0v) is 16.5. The second-order valence-electron chi connectivity index (χ2n) is 6.63. The van der Waals surface area contributed by atoms with Gasteiger partial charge < -0.3 is 19.3 Å². The van der Waals surface area contributed by atoms with Gasteiger partial charge in [0.25, 0.3) is 0 Å². The lowest BCUT2D eigenvalue weighted by Crippen LogP contribution is -2.48. The van der Waals surface area contributed by atoms with E-state index in [9.17, 15) is 9.18 Å². The molecule has 1 fully saturated rings. The summed E-state index contributed by atoms with van der Waals surface area (Å²) in [5.74, 6) is 0.960. The average Bonchev–Trinajstić information content (AvgIpc) is 2.77. The van der Waals surface area contributed by atoms with Gasteiger partial charge in [-0.25, -0.2) is 4.39 Å². The maximum Gasteiger partial charge on any atom is 0.246 e. The summed E-state index contributed by atoms with van der Waals surface area (Å²) in [6.45, 7) is 6.71. The van der Waals surface area contributed by atoms with E-state index in [0.717, 1.165) is 11.3 Å². The molecule has 0 unspecified atom stereocenters. The number of benzene rings is 2. The second kappa shape index (κ2) is 9.78. The number of hydrogen-bond acceptors (Lipinski definition) is 4. The number of carbonyl (C=O) groups excluding carboxylic acids is 1. The van der Waals surface area contributed by atoms with Gasteiger partial charge in [-0.05, 0) is 48.0 Å². The normalized spacial score (nSPS) is 14.1. The molecule has 0 spiro atoms. The lowest BCUT2D eigenvalue weighted by molar-refractivity contribution is -0.126. The summed E-state index contributed by atoms with van der Waals surface area (Å²) in [6.07, 6.45) is 5.02. The fraction of sp³-hybridized carbons (Fsp3) is 0.261. The molecule has 1 amide bonds. The number of carbonyl (C=O) groups is 1. The van der Waals surface area contributed by atoms with Crippen LogP contribution in [0, 0.1) is 5.82 Å². The summed E-state index contributed by atoms with van der Waals surface area (Å²) in [5.41, 5.74) is 1.83. The van der Waals surface area contributed by atoms with E-state index in [2.05, 4.69) is 11.5 Å². The van der Waals surface area contributed by atoms with Crippen molar-refractivity contribution in [2.75, 3.05) is 44.8 Å². The number of nitrogens with zero attached hydrogens (tertiary/aromatic N) is 2. The van der Waals surface area contributed by atoms with Gasteiger partial charge in [-0.15, -0.1) is 0 Å². The molecule has 152 valence electrons. The van der Waals surface area contributed by atoms with E-state index in [1.54, 1.807) is 37.5 Å². The summed E-state index contributed by atoms with van der Waals surface area (Å²) >= 11 is 0. The third kappa shape index (κ3) is 5.38. The zero-order chi connectivity index (χ0) is 20.6. The van der Waals surface area contributed by atoms with Crippen molar-refractivity contribution in [2.24, 2.45) is 0 Å². The Kier molecular flexibility index (Phi) is 6.89. The first kappa shape index (κ1) is 20.5. The van der Waals surface area contributed by atoms with Crippen LogP contribution in [0.5, 0.6) is 11.5 Å². The summed E-state index contributed by atoms with van der Waals surface area (Å²) in [5, 5.41) is 0. The van der Waals surface area contributed by atoms with Gasteiger partial charge in [-0.1, -0.05) is 18.7 Å². The minimum absolute atomic E-state index is 0.0327. The molecule has 0 N–H and O–H groups in total. The topological polar surface area (TPSA) is 42.0 Å². The number of halogens is 1. The molecule has 1 aliphatic heterocycles. The van der Waals surface area contributed by atoms with Crippen molar-refractivity contribution in [3.63, 3.8) is 0 Å². The standard InChI is InChI=1S/C23H25FN2O3/c1-3-16-29-21-10-4-18(17-22(21)28-2)5-11-23(27)26-14-12-25(13-15-26)20-8-6-19(24)7-9-20/h3-11,17H,1,12-16H2,2H3/b11-5+.